The van der Waals surface area contributed by atoms with Crippen LogP contribution in [0.15, 0.2) is 37.1 Å². The predicted molar refractivity (Wildman–Crippen MR) is 121 cm³/mol. The average Bonchev–Trinajstić information content (AvgIpc) is 2.60. The molecule has 0 bridgehead atoms. The van der Waals surface area contributed by atoms with Crippen molar-refractivity contribution < 1.29 is 0 Å². The molecule has 1 nitrogen and oxygen atoms in total. The van der Waals surface area contributed by atoms with Crippen LogP contribution in [0, 0.1) is 11.3 Å². The molecule has 1 heteroatoms. The molecule has 0 heterocycles. The fourth-order valence-electron chi connectivity index (χ4n) is 4.54. The number of rotatable bonds is 9. The van der Waals surface area contributed by atoms with E-state index in [1.54, 1.807) is 0 Å². The molecule has 27 heavy (non-hydrogen) atoms. The first-order valence-electron chi connectivity index (χ1n) is 11.0. The van der Waals surface area contributed by atoms with E-state index in [4.69, 9.17) is 0 Å². The van der Waals surface area contributed by atoms with Gasteiger partial charge in [0.25, 0.3) is 0 Å². The normalized spacial score (nSPS) is 15.6. The first-order valence-corrected chi connectivity index (χ1v) is 11.0. The van der Waals surface area contributed by atoms with Crippen LogP contribution in [0.2, 0.25) is 0 Å². The Morgan fingerprint density at radius 1 is 1.11 bits per heavy atom. The number of allylic oxidation sites excluding steroid dienone is 2. The van der Waals surface area contributed by atoms with E-state index in [9.17, 15) is 0 Å². The second kappa shape index (κ2) is 10.2. The van der Waals surface area contributed by atoms with Crippen molar-refractivity contribution in [2.45, 2.75) is 85.5 Å². The third-order valence-corrected chi connectivity index (χ3v) is 5.78. The highest BCUT2D eigenvalue weighted by Crippen LogP contribution is 2.32. The molecule has 1 saturated carbocycles. The van der Waals surface area contributed by atoms with E-state index < -0.39 is 0 Å². The van der Waals surface area contributed by atoms with Crippen molar-refractivity contribution in [3.8, 4) is 0 Å². The highest BCUT2D eigenvalue weighted by Gasteiger charge is 2.17. The van der Waals surface area contributed by atoms with Gasteiger partial charge < -0.3 is 5.32 Å². The van der Waals surface area contributed by atoms with E-state index in [1.165, 1.54) is 60.1 Å². The summed E-state index contributed by atoms with van der Waals surface area (Å²) >= 11 is 0. The molecular formula is C26H41N. The zero-order valence-electron chi connectivity index (χ0n) is 18.3. The Hall–Kier alpha value is -1.50. The molecule has 0 atom stereocenters. The molecular weight excluding hydrogens is 326 g/mol. The maximum Gasteiger partial charge on any atom is 0.0184 e. The summed E-state index contributed by atoms with van der Waals surface area (Å²) in [6.45, 7) is 18.8. The summed E-state index contributed by atoms with van der Waals surface area (Å²) in [5.41, 5.74) is 7.08. The van der Waals surface area contributed by atoms with Gasteiger partial charge in [-0.25, -0.2) is 0 Å². The number of hydrogen-bond acceptors (Lipinski definition) is 1. The highest BCUT2D eigenvalue weighted by molar-refractivity contribution is 5.68. The van der Waals surface area contributed by atoms with Gasteiger partial charge in [-0.2, -0.15) is 0 Å². The minimum absolute atomic E-state index is 0.274. The predicted octanol–water partition coefficient (Wildman–Crippen LogP) is 7.31. The van der Waals surface area contributed by atoms with Crippen molar-refractivity contribution in [2.24, 2.45) is 11.3 Å². The van der Waals surface area contributed by atoms with Gasteiger partial charge in [0.15, 0.2) is 0 Å². The lowest BCUT2D eigenvalue weighted by molar-refractivity contribution is 0.351. The molecule has 0 unspecified atom stereocenters. The molecule has 1 N–H and O–H groups in total. The third kappa shape index (κ3) is 7.20. The summed E-state index contributed by atoms with van der Waals surface area (Å²) in [6, 6.07) is 6.75. The van der Waals surface area contributed by atoms with Crippen molar-refractivity contribution in [3.05, 3.63) is 53.7 Å². The Labute approximate surface area is 168 Å². The van der Waals surface area contributed by atoms with E-state index in [-0.39, 0.29) is 5.41 Å². The molecule has 2 rings (SSSR count). The number of hydrogen-bond donors (Lipinski definition) is 1. The van der Waals surface area contributed by atoms with E-state index >= 15 is 0 Å². The molecule has 150 valence electrons. The highest BCUT2D eigenvalue weighted by atomic mass is 14.9. The van der Waals surface area contributed by atoms with Gasteiger partial charge in [-0.15, -0.1) is 0 Å². The molecule has 0 saturated heterocycles. The van der Waals surface area contributed by atoms with Gasteiger partial charge in [-0.3, -0.25) is 0 Å². The zero-order valence-corrected chi connectivity index (χ0v) is 18.3. The van der Waals surface area contributed by atoms with Crippen molar-refractivity contribution in [1.82, 2.24) is 5.32 Å². The Balaban J connectivity index is 1.92. The van der Waals surface area contributed by atoms with Crippen molar-refractivity contribution in [3.63, 3.8) is 0 Å². The number of nitrogens with one attached hydrogen (secondary N) is 1. The van der Waals surface area contributed by atoms with Crippen molar-refractivity contribution >= 4 is 5.57 Å². The van der Waals surface area contributed by atoms with Crippen LogP contribution in [-0.4, -0.2) is 6.54 Å². The van der Waals surface area contributed by atoms with Crippen molar-refractivity contribution in [1.29, 1.82) is 0 Å². The maximum atomic E-state index is 4.40. The molecule has 1 aromatic carbocycles. The van der Waals surface area contributed by atoms with Crippen LogP contribution in [0.5, 0.6) is 0 Å². The smallest absolute Gasteiger partial charge is 0.0184 e. The van der Waals surface area contributed by atoms with E-state index in [0.29, 0.717) is 0 Å². The van der Waals surface area contributed by atoms with Gasteiger partial charge in [0.1, 0.15) is 0 Å². The monoisotopic (exact) mass is 367 g/mol. The van der Waals surface area contributed by atoms with Gasteiger partial charge in [0.05, 0.1) is 0 Å². The minimum atomic E-state index is 0.274. The second-order valence-electron chi connectivity index (χ2n) is 9.63. The van der Waals surface area contributed by atoms with Gasteiger partial charge in [-0.1, -0.05) is 91.2 Å². The van der Waals surface area contributed by atoms with E-state index in [2.05, 4.69) is 64.4 Å². The fourth-order valence-corrected chi connectivity index (χ4v) is 4.54. The third-order valence-electron chi connectivity index (χ3n) is 5.78. The lowest BCUT2D eigenvalue weighted by atomic mass is 9.83. The first kappa shape index (κ1) is 21.8. The molecule has 0 spiro atoms. The standard InChI is InChI=1S/C26H41N/c1-7-24-23(14-11-15-25(24)20(2)19-26(4,5)6)16-17-27-21(3)18-22-12-9-8-10-13-22/h11,14-15,22,27H,2-3,7-10,12-13,16-19H2,1,4-6H3. The Kier molecular flexibility index (Phi) is 8.20. The maximum absolute atomic E-state index is 4.40. The summed E-state index contributed by atoms with van der Waals surface area (Å²) < 4.78 is 0. The van der Waals surface area contributed by atoms with Gasteiger partial charge in [0.2, 0.25) is 0 Å². The molecule has 1 aliphatic carbocycles. The van der Waals surface area contributed by atoms with E-state index in [1.807, 2.05) is 0 Å². The summed E-state index contributed by atoms with van der Waals surface area (Å²) in [6.07, 6.45) is 11.3. The van der Waals surface area contributed by atoms with Gasteiger partial charge >= 0.3 is 0 Å². The van der Waals surface area contributed by atoms with Crippen LogP contribution < -0.4 is 5.32 Å². The van der Waals surface area contributed by atoms with Crippen LogP contribution >= 0.6 is 0 Å². The summed E-state index contributed by atoms with van der Waals surface area (Å²) in [4.78, 5) is 0. The van der Waals surface area contributed by atoms with Crippen LogP contribution in [-0.2, 0) is 12.8 Å². The topological polar surface area (TPSA) is 12.0 Å². The van der Waals surface area contributed by atoms with Crippen LogP contribution in [0.3, 0.4) is 0 Å². The SMILES string of the molecule is C=C(CC1CCCCC1)NCCc1cccc(C(=C)CC(C)(C)C)c1CC. The summed E-state index contributed by atoms with van der Waals surface area (Å²) in [7, 11) is 0. The Morgan fingerprint density at radius 3 is 2.44 bits per heavy atom. The largest absolute Gasteiger partial charge is 0.388 e. The molecule has 1 fully saturated rings. The Bertz CT molecular complexity index is 626. The quantitative estimate of drug-likeness (QED) is 0.482. The van der Waals surface area contributed by atoms with E-state index in [0.717, 1.165) is 38.1 Å². The molecule has 1 aliphatic rings. The lowest BCUT2D eigenvalue weighted by Gasteiger charge is -2.23. The van der Waals surface area contributed by atoms with Crippen molar-refractivity contribution in [2.75, 3.05) is 6.54 Å². The molecule has 0 amide bonds. The van der Waals surface area contributed by atoms with Crippen LogP contribution in [0.4, 0.5) is 0 Å². The molecule has 0 radical (unpaired) electrons. The molecule has 0 aromatic heterocycles. The first-order chi connectivity index (χ1) is 12.8. The molecule has 0 aliphatic heterocycles. The van der Waals surface area contributed by atoms with Crippen LogP contribution in [0.1, 0.15) is 89.3 Å². The minimum Gasteiger partial charge on any atom is -0.388 e. The van der Waals surface area contributed by atoms with Gasteiger partial charge in [0, 0.05) is 12.2 Å². The molecule has 1 aromatic rings. The lowest BCUT2D eigenvalue weighted by Crippen LogP contribution is -2.20. The fraction of sp³-hybridized carbons (Fsp3) is 0.615. The van der Waals surface area contributed by atoms with Crippen LogP contribution in [0.25, 0.3) is 5.57 Å². The summed E-state index contributed by atoms with van der Waals surface area (Å²) in [5, 5.41) is 3.60. The van der Waals surface area contributed by atoms with Gasteiger partial charge in [-0.05, 0) is 59.3 Å². The summed E-state index contributed by atoms with van der Waals surface area (Å²) in [5.74, 6) is 0.856. The second-order valence-corrected chi connectivity index (χ2v) is 9.63. The Morgan fingerprint density at radius 2 is 1.81 bits per heavy atom. The zero-order chi connectivity index (χ0) is 19.9. The number of benzene rings is 1. The average molecular weight is 368 g/mol.